The number of fused-ring (bicyclic) bond motifs is 1. The number of rotatable bonds is 2. The van der Waals surface area contributed by atoms with E-state index in [1.807, 2.05) is 12.1 Å². The van der Waals surface area contributed by atoms with Crippen LogP contribution in [0.2, 0.25) is 0 Å². The van der Waals surface area contributed by atoms with Gasteiger partial charge in [-0.15, -0.1) is 0 Å². The fraction of sp³-hybridized carbons (Fsp3) is 0.200. The van der Waals surface area contributed by atoms with Crippen LogP contribution in [0.25, 0.3) is 0 Å². The Balaban J connectivity index is 1.80. The molecule has 1 aromatic heterocycles. The molecule has 112 valence electrons. The molecule has 0 atom stereocenters. The average Bonchev–Trinajstić information content (AvgIpc) is 2.91. The Morgan fingerprint density at radius 1 is 1.27 bits per heavy atom. The molecule has 0 radical (unpaired) electrons. The molecule has 1 aliphatic heterocycles. The molecule has 2 amide bonds. The number of aromatic amines is 1. The summed E-state index contributed by atoms with van der Waals surface area (Å²) in [6.45, 7) is 2.19. The van der Waals surface area contributed by atoms with Crippen molar-refractivity contribution >= 4 is 23.2 Å². The summed E-state index contributed by atoms with van der Waals surface area (Å²) >= 11 is 0. The summed E-state index contributed by atoms with van der Waals surface area (Å²) in [4.78, 5) is 36.2. The Bertz CT molecular complexity index is 792. The van der Waals surface area contributed by atoms with Gasteiger partial charge in [-0.05, 0) is 36.2 Å². The molecule has 0 bridgehead atoms. The van der Waals surface area contributed by atoms with E-state index in [0.29, 0.717) is 12.2 Å². The number of anilines is 2. The first-order valence-electron chi connectivity index (χ1n) is 6.83. The summed E-state index contributed by atoms with van der Waals surface area (Å²) in [6.07, 6.45) is 0.759. The minimum absolute atomic E-state index is 0.00738. The molecule has 0 fully saturated rings. The van der Waals surface area contributed by atoms with Crippen LogP contribution in [0.15, 0.2) is 35.1 Å². The lowest BCUT2D eigenvalue weighted by molar-refractivity contribution is -0.116. The Morgan fingerprint density at radius 2 is 2.09 bits per heavy atom. The third-order valence-corrected chi connectivity index (χ3v) is 3.52. The van der Waals surface area contributed by atoms with Gasteiger partial charge in [-0.25, -0.2) is 5.10 Å². The van der Waals surface area contributed by atoms with Crippen molar-refractivity contribution in [1.82, 2.24) is 10.2 Å². The predicted molar refractivity (Wildman–Crippen MR) is 81.0 cm³/mol. The van der Waals surface area contributed by atoms with E-state index in [-0.39, 0.29) is 17.2 Å². The number of nitrogens with zero attached hydrogens (tertiary/aromatic N) is 2. The van der Waals surface area contributed by atoms with E-state index in [1.165, 1.54) is 19.1 Å². The molecule has 0 spiro atoms. The number of amides is 2. The maximum atomic E-state index is 12.0. The summed E-state index contributed by atoms with van der Waals surface area (Å²) in [5, 5.41) is 8.62. The number of H-pyrrole nitrogens is 1. The monoisotopic (exact) mass is 298 g/mol. The van der Waals surface area contributed by atoms with Crippen LogP contribution < -0.4 is 15.8 Å². The van der Waals surface area contributed by atoms with Crippen molar-refractivity contribution in [1.29, 1.82) is 0 Å². The Labute approximate surface area is 126 Å². The standard InChI is InChI=1S/C15H14N4O3/c1-9(20)19-7-6-10-8-11(2-4-13(10)19)16-15(22)12-3-5-14(21)18-17-12/h2-5,8H,6-7H2,1H3,(H,16,22)(H,18,21). The molecule has 1 aliphatic rings. The SMILES string of the molecule is CC(=O)N1CCc2cc(NC(=O)c3ccc(=O)[nH]n3)ccc21. The maximum Gasteiger partial charge on any atom is 0.276 e. The number of nitrogens with one attached hydrogen (secondary N) is 2. The smallest absolute Gasteiger partial charge is 0.276 e. The van der Waals surface area contributed by atoms with Crippen molar-refractivity contribution in [2.75, 3.05) is 16.8 Å². The van der Waals surface area contributed by atoms with Gasteiger partial charge in [0.2, 0.25) is 5.91 Å². The molecule has 0 unspecified atom stereocenters. The first-order chi connectivity index (χ1) is 10.5. The van der Waals surface area contributed by atoms with Gasteiger partial charge >= 0.3 is 0 Å². The second-order valence-electron chi connectivity index (χ2n) is 5.02. The van der Waals surface area contributed by atoms with Crippen LogP contribution in [-0.4, -0.2) is 28.6 Å². The first-order valence-corrected chi connectivity index (χ1v) is 6.83. The van der Waals surface area contributed by atoms with Crippen LogP contribution >= 0.6 is 0 Å². The van der Waals surface area contributed by atoms with Crippen LogP contribution in [0.1, 0.15) is 23.0 Å². The second kappa shape index (κ2) is 5.44. The minimum atomic E-state index is -0.405. The lowest BCUT2D eigenvalue weighted by Crippen LogP contribution is -2.25. The van der Waals surface area contributed by atoms with Crippen molar-refractivity contribution in [2.45, 2.75) is 13.3 Å². The van der Waals surface area contributed by atoms with E-state index in [9.17, 15) is 14.4 Å². The summed E-state index contributed by atoms with van der Waals surface area (Å²) in [6, 6.07) is 8.01. The molecule has 22 heavy (non-hydrogen) atoms. The van der Waals surface area contributed by atoms with Gasteiger partial charge in [-0.1, -0.05) is 0 Å². The molecule has 0 saturated heterocycles. The average molecular weight is 298 g/mol. The van der Waals surface area contributed by atoms with Crippen molar-refractivity contribution in [3.63, 3.8) is 0 Å². The van der Waals surface area contributed by atoms with Crippen molar-refractivity contribution < 1.29 is 9.59 Å². The van der Waals surface area contributed by atoms with E-state index in [1.54, 1.807) is 11.0 Å². The largest absolute Gasteiger partial charge is 0.321 e. The number of benzene rings is 1. The van der Waals surface area contributed by atoms with E-state index in [2.05, 4.69) is 15.5 Å². The fourth-order valence-corrected chi connectivity index (χ4v) is 2.47. The first kappa shape index (κ1) is 14.0. The summed E-state index contributed by atoms with van der Waals surface area (Å²) < 4.78 is 0. The molecule has 2 N–H and O–H groups in total. The number of carbonyl (C=O) groups excluding carboxylic acids is 2. The number of aromatic nitrogens is 2. The number of carbonyl (C=O) groups is 2. The summed E-state index contributed by atoms with van der Waals surface area (Å²) in [5.41, 5.74) is 2.29. The van der Waals surface area contributed by atoms with Gasteiger partial charge < -0.3 is 10.2 Å². The molecule has 2 aromatic rings. The molecular weight excluding hydrogens is 284 g/mol. The topological polar surface area (TPSA) is 95.2 Å². The zero-order chi connectivity index (χ0) is 15.7. The molecule has 2 heterocycles. The van der Waals surface area contributed by atoms with Crippen molar-refractivity contribution in [3.05, 3.63) is 51.9 Å². The highest BCUT2D eigenvalue weighted by Crippen LogP contribution is 2.30. The Morgan fingerprint density at radius 3 is 2.77 bits per heavy atom. The van der Waals surface area contributed by atoms with Crippen molar-refractivity contribution in [2.24, 2.45) is 0 Å². The van der Waals surface area contributed by atoms with Gasteiger partial charge in [-0.2, -0.15) is 5.10 Å². The quantitative estimate of drug-likeness (QED) is 0.862. The van der Waals surface area contributed by atoms with Crippen LogP contribution in [-0.2, 0) is 11.2 Å². The molecule has 1 aromatic carbocycles. The van der Waals surface area contributed by atoms with E-state index in [4.69, 9.17) is 0 Å². The summed E-state index contributed by atoms with van der Waals surface area (Å²) in [5.74, 6) is -0.398. The minimum Gasteiger partial charge on any atom is -0.321 e. The third kappa shape index (κ3) is 2.60. The van der Waals surface area contributed by atoms with Gasteiger partial charge in [0.15, 0.2) is 0 Å². The van der Waals surface area contributed by atoms with Gasteiger partial charge in [0.1, 0.15) is 5.69 Å². The highest BCUT2D eigenvalue weighted by Gasteiger charge is 2.22. The Kier molecular flexibility index (Phi) is 3.46. The third-order valence-electron chi connectivity index (χ3n) is 3.52. The maximum absolute atomic E-state index is 12.0. The van der Waals surface area contributed by atoms with Crippen LogP contribution in [0, 0.1) is 0 Å². The van der Waals surface area contributed by atoms with Gasteiger partial charge in [0.25, 0.3) is 11.5 Å². The van der Waals surface area contributed by atoms with E-state index < -0.39 is 5.91 Å². The van der Waals surface area contributed by atoms with Crippen LogP contribution in [0.5, 0.6) is 0 Å². The van der Waals surface area contributed by atoms with Crippen LogP contribution in [0.3, 0.4) is 0 Å². The predicted octanol–water partition coefficient (Wildman–Crippen LogP) is 0.931. The van der Waals surface area contributed by atoms with Crippen LogP contribution in [0.4, 0.5) is 11.4 Å². The Hall–Kier alpha value is -2.96. The van der Waals surface area contributed by atoms with E-state index in [0.717, 1.165) is 17.7 Å². The van der Waals surface area contributed by atoms with Gasteiger partial charge in [0.05, 0.1) is 0 Å². The molecule has 0 aliphatic carbocycles. The number of hydrogen-bond acceptors (Lipinski definition) is 4. The number of hydrogen-bond donors (Lipinski definition) is 2. The normalized spacial score (nSPS) is 12.9. The lowest BCUT2D eigenvalue weighted by Gasteiger charge is -2.15. The highest BCUT2D eigenvalue weighted by molar-refractivity contribution is 6.03. The molecule has 7 nitrogen and oxygen atoms in total. The fourth-order valence-electron chi connectivity index (χ4n) is 2.47. The zero-order valence-corrected chi connectivity index (χ0v) is 11.9. The zero-order valence-electron chi connectivity index (χ0n) is 11.9. The molecule has 0 saturated carbocycles. The van der Waals surface area contributed by atoms with Gasteiger partial charge in [0, 0.05) is 30.9 Å². The van der Waals surface area contributed by atoms with E-state index >= 15 is 0 Å². The van der Waals surface area contributed by atoms with Crippen molar-refractivity contribution in [3.8, 4) is 0 Å². The summed E-state index contributed by atoms with van der Waals surface area (Å²) in [7, 11) is 0. The lowest BCUT2D eigenvalue weighted by atomic mass is 10.1. The molecule has 7 heteroatoms. The highest BCUT2D eigenvalue weighted by atomic mass is 16.2. The molecule has 3 rings (SSSR count). The molecular formula is C15H14N4O3. The second-order valence-corrected chi connectivity index (χ2v) is 5.02. The van der Waals surface area contributed by atoms with Gasteiger partial charge in [-0.3, -0.25) is 14.4 Å².